The minimum absolute atomic E-state index is 0. The summed E-state index contributed by atoms with van der Waals surface area (Å²) in [6, 6.07) is 4.36. The molecule has 220 valence electrons. The number of benzene rings is 1. The van der Waals surface area contributed by atoms with Gasteiger partial charge in [0.1, 0.15) is 6.04 Å². The molecule has 0 saturated carbocycles. The molecule has 0 radical (unpaired) electrons. The summed E-state index contributed by atoms with van der Waals surface area (Å²) in [5.74, 6) is -3.00. The quantitative estimate of drug-likeness (QED) is 0.134. The fraction of sp³-hybridized carbons (Fsp3) is 0.300. The first-order valence-corrected chi connectivity index (χ1v) is 10.2. The van der Waals surface area contributed by atoms with E-state index in [1.54, 1.807) is 12.1 Å². The molecule has 0 aliphatic carbocycles. The van der Waals surface area contributed by atoms with Gasteiger partial charge in [-0.3, -0.25) is 24.2 Å². The van der Waals surface area contributed by atoms with Crippen LogP contribution < -0.4 is 32.1 Å². The van der Waals surface area contributed by atoms with Crippen LogP contribution in [0.1, 0.15) is 23.2 Å². The van der Waals surface area contributed by atoms with Crippen LogP contribution in [0.25, 0.3) is 0 Å². The second-order valence-corrected chi connectivity index (χ2v) is 7.45. The van der Waals surface area contributed by atoms with Gasteiger partial charge in [0.25, 0.3) is 11.5 Å². The number of nitrogen functional groups attached to an aromatic ring is 1. The minimum Gasteiger partial charge on any atom is -0.481 e. The number of aromatic nitrogens is 2. The normalized spacial score (nSPS) is 13.4. The first-order valence-electron chi connectivity index (χ1n) is 10.2. The molecule has 1 aromatic carbocycles. The maximum absolute atomic E-state index is 12.3. The van der Waals surface area contributed by atoms with Crippen LogP contribution in [0.5, 0.6) is 0 Å². The fourth-order valence-electron chi connectivity index (χ4n) is 3.39. The van der Waals surface area contributed by atoms with E-state index >= 15 is 0 Å². The van der Waals surface area contributed by atoms with E-state index in [1.807, 2.05) is 0 Å². The highest BCUT2D eigenvalue weighted by Gasteiger charge is 2.29. The molecule has 2 atom stereocenters. The summed E-state index contributed by atoms with van der Waals surface area (Å²) < 4.78 is 0. The van der Waals surface area contributed by atoms with Gasteiger partial charge in [0, 0.05) is 30.8 Å². The summed E-state index contributed by atoms with van der Waals surface area (Å²) in [5, 5.41) is 26.3. The second-order valence-electron chi connectivity index (χ2n) is 7.45. The average molecular weight is 564 g/mol. The number of rotatable bonds is 10. The van der Waals surface area contributed by atoms with Crippen LogP contribution in [0.2, 0.25) is 0 Å². The van der Waals surface area contributed by atoms with E-state index in [2.05, 4.69) is 25.9 Å². The predicted molar refractivity (Wildman–Crippen MR) is 139 cm³/mol. The van der Waals surface area contributed by atoms with Gasteiger partial charge in [0.05, 0.1) is 6.04 Å². The molecule has 2 amide bonds. The molecule has 1 aromatic heterocycles. The highest BCUT2D eigenvalue weighted by atomic mass is 16.4. The van der Waals surface area contributed by atoms with Gasteiger partial charge < -0.3 is 64.2 Å². The van der Waals surface area contributed by atoms with Crippen LogP contribution in [0, 0.1) is 0 Å². The molecule has 0 fully saturated rings. The summed E-state index contributed by atoms with van der Waals surface area (Å²) in [6.07, 6.45) is -0.101. The van der Waals surface area contributed by atoms with E-state index in [-0.39, 0.29) is 63.4 Å². The maximum atomic E-state index is 12.3. The Kier molecular flexibility index (Phi) is 16.7. The van der Waals surface area contributed by atoms with E-state index in [9.17, 15) is 29.1 Å². The van der Waals surface area contributed by atoms with Crippen molar-refractivity contribution in [3.63, 3.8) is 0 Å². The van der Waals surface area contributed by atoms with Gasteiger partial charge >= 0.3 is 11.9 Å². The zero-order valence-electron chi connectivity index (χ0n) is 20.3. The summed E-state index contributed by atoms with van der Waals surface area (Å²) in [5.41, 5.74) is 5.84. The van der Waals surface area contributed by atoms with Gasteiger partial charge in [-0.15, -0.1) is 0 Å². The number of carboxylic acids is 2. The number of aromatic amines is 1. The van der Waals surface area contributed by atoms with Crippen molar-refractivity contribution in [3.05, 3.63) is 40.2 Å². The Morgan fingerprint density at radius 3 is 2.28 bits per heavy atom. The monoisotopic (exact) mass is 563 g/mol. The number of fused-ring (bicyclic) bond motifs is 1. The third-order valence-electron chi connectivity index (χ3n) is 5.12. The molecular formula is C20H33N7O12. The van der Waals surface area contributed by atoms with Crippen LogP contribution >= 0.6 is 0 Å². The Labute approximate surface area is 219 Å². The van der Waals surface area contributed by atoms with Crippen molar-refractivity contribution < 1.29 is 56.8 Å². The number of carboxylic acid groups (broad SMARTS) is 2. The summed E-state index contributed by atoms with van der Waals surface area (Å²) >= 11 is 0. The molecule has 1 unspecified atom stereocenters. The first kappa shape index (κ1) is 38.7. The average Bonchev–Trinajstić information content (AvgIpc) is 2.79. The Morgan fingerprint density at radius 1 is 1.13 bits per heavy atom. The third kappa shape index (κ3) is 9.53. The Hall–Kier alpha value is -4.82. The zero-order chi connectivity index (χ0) is 24.8. The van der Waals surface area contributed by atoms with Gasteiger partial charge in [-0.05, 0) is 30.7 Å². The molecule has 2 aromatic rings. The third-order valence-corrected chi connectivity index (χ3v) is 5.12. The standard InChI is InChI=1S/C20H23N7O7.5H2O/c21-20-25-16-15(18(32)26-20)27(9-28)12(8-23-16)7-22-11-3-1-10(2-4-11)17(31)24-13(19(33)34)5-6-14(29)30;;;;;/h1-4,9,12-13,22H,5-8H2,(H,24,31)(H,29,30)(H,33,34)(H4,21,23,25,26,32);5*1H2/t12?,13-;;;;;/m0...../s1. The molecule has 3 rings (SSSR count). The number of nitrogens with one attached hydrogen (secondary N) is 4. The van der Waals surface area contributed by atoms with E-state index in [0.29, 0.717) is 18.6 Å². The Bertz CT molecular complexity index is 1160. The number of hydrogen-bond donors (Lipinski definition) is 7. The van der Waals surface area contributed by atoms with E-state index in [1.165, 1.54) is 17.0 Å². The number of hydrogen-bond acceptors (Lipinski definition) is 9. The van der Waals surface area contributed by atoms with Crippen LogP contribution in [-0.2, 0) is 14.4 Å². The lowest BCUT2D eigenvalue weighted by molar-refractivity contribution is -0.140. The number of nitrogens with two attached hydrogens (primary N) is 1. The van der Waals surface area contributed by atoms with Crippen LogP contribution in [0.15, 0.2) is 29.1 Å². The van der Waals surface area contributed by atoms with Crippen molar-refractivity contribution in [2.24, 2.45) is 0 Å². The van der Waals surface area contributed by atoms with Gasteiger partial charge in [-0.1, -0.05) is 0 Å². The van der Waals surface area contributed by atoms with Gasteiger partial charge in [-0.2, -0.15) is 4.98 Å². The first-order chi connectivity index (χ1) is 16.2. The molecule has 0 bridgehead atoms. The SMILES string of the molecule is Nc1nc2c(c(=O)[nH]1)N(C=O)C(CNc1ccc(C(=O)N[C@@H](CCC(=O)O)C(=O)O)cc1)CN2.O.O.O.O.O. The molecule has 18 N–H and O–H groups in total. The van der Waals surface area contributed by atoms with Crippen molar-refractivity contribution >= 4 is 47.4 Å². The Morgan fingerprint density at radius 2 is 1.74 bits per heavy atom. The molecule has 1 aliphatic rings. The van der Waals surface area contributed by atoms with Crippen molar-refractivity contribution in [1.82, 2.24) is 15.3 Å². The lowest BCUT2D eigenvalue weighted by Crippen LogP contribution is -2.50. The van der Waals surface area contributed by atoms with Gasteiger partial charge in [0.15, 0.2) is 11.5 Å². The number of carbonyl (C=O) groups excluding carboxylic acids is 2. The van der Waals surface area contributed by atoms with Crippen molar-refractivity contribution in [2.75, 3.05) is 34.4 Å². The molecule has 19 nitrogen and oxygen atoms in total. The predicted octanol–water partition coefficient (Wildman–Crippen LogP) is -4.85. The second kappa shape index (κ2) is 16.8. The zero-order valence-corrected chi connectivity index (χ0v) is 20.3. The van der Waals surface area contributed by atoms with Crippen molar-refractivity contribution in [1.29, 1.82) is 0 Å². The molecule has 39 heavy (non-hydrogen) atoms. The van der Waals surface area contributed by atoms with Crippen LogP contribution in [-0.4, -0.2) is 97.0 Å². The number of nitrogens with zero attached hydrogens (tertiary/aromatic N) is 2. The van der Waals surface area contributed by atoms with Gasteiger partial charge in [0.2, 0.25) is 12.4 Å². The van der Waals surface area contributed by atoms with Crippen molar-refractivity contribution in [3.8, 4) is 0 Å². The van der Waals surface area contributed by atoms with E-state index < -0.39 is 41.9 Å². The number of amides is 2. The molecule has 0 spiro atoms. The molecule has 0 saturated heterocycles. The van der Waals surface area contributed by atoms with Crippen LogP contribution in [0.4, 0.5) is 23.1 Å². The van der Waals surface area contributed by atoms with Crippen molar-refractivity contribution in [2.45, 2.75) is 24.9 Å². The molecule has 1 aliphatic heterocycles. The number of aliphatic carboxylic acids is 2. The Balaban J connectivity index is -0.00000259. The van der Waals surface area contributed by atoms with E-state index in [0.717, 1.165) is 0 Å². The topological polar surface area (TPSA) is 377 Å². The molecule has 19 heteroatoms. The molecular weight excluding hydrogens is 530 g/mol. The largest absolute Gasteiger partial charge is 0.481 e. The maximum Gasteiger partial charge on any atom is 0.326 e. The fourth-order valence-corrected chi connectivity index (χ4v) is 3.39. The number of anilines is 4. The smallest absolute Gasteiger partial charge is 0.326 e. The van der Waals surface area contributed by atoms with E-state index in [4.69, 9.17) is 10.8 Å². The summed E-state index contributed by atoms with van der Waals surface area (Å²) in [6.45, 7) is 0.568. The minimum atomic E-state index is -1.33. The summed E-state index contributed by atoms with van der Waals surface area (Å²) in [4.78, 5) is 65.7. The highest BCUT2D eigenvalue weighted by Crippen LogP contribution is 2.25. The van der Waals surface area contributed by atoms with Gasteiger partial charge in [-0.25, -0.2) is 4.79 Å². The molecule has 2 heterocycles. The lowest BCUT2D eigenvalue weighted by atomic mass is 10.1. The number of H-pyrrole nitrogens is 1. The number of carbonyl (C=O) groups is 4. The van der Waals surface area contributed by atoms with Crippen LogP contribution in [0.3, 0.4) is 0 Å². The highest BCUT2D eigenvalue weighted by molar-refractivity contribution is 5.97. The summed E-state index contributed by atoms with van der Waals surface area (Å²) in [7, 11) is 0. The lowest BCUT2D eigenvalue weighted by Gasteiger charge is -2.34.